The Hall–Kier alpha value is -1.84. The van der Waals surface area contributed by atoms with Crippen molar-refractivity contribution in [2.24, 2.45) is 11.0 Å². The number of methoxy groups -OCH3 is 1. The van der Waals surface area contributed by atoms with Crippen LogP contribution in [0, 0.1) is 5.92 Å². The summed E-state index contributed by atoms with van der Waals surface area (Å²) in [7, 11) is 1.62. The van der Waals surface area contributed by atoms with Gasteiger partial charge in [0.25, 0.3) is 0 Å². The number of hydrazone groups is 1. The second kappa shape index (κ2) is 6.79. The lowest BCUT2D eigenvalue weighted by molar-refractivity contribution is -0.121. The summed E-state index contributed by atoms with van der Waals surface area (Å²) in [5.74, 6) is 1.04. The van der Waals surface area contributed by atoms with Crippen LogP contribution in [0.5, 0.6) is 5.75 Å². The minimum atomic E-state index is -0.0627. The third-order valence-electron chi connectivity index (χ3n) is 2.43. The summed E-state index contributed by atoms with van der Waals surface area (Å²) in [5.41, 5.74) is 4.24. The fourth-order valence-electron chi connectivity index (χ4n) is 1.48. The van der Waals surface area contributed by atoms with E-state index in [2.05, 4.69) is 10.5 Å². The highest BCUT2D eigenvalue weighted by molar-refractivity contribution is 5.99. The number of benzene rings is 1. The first-order chi connectivity index (χ1) is 8.52. The molecular formula is C14H20N2O2. The van der Waals surface area contributed by atoms with Crippen LogP contribution in [0.2, 0.25) is 0 Å². The number of amides is 1. The lowest BCUT2D eigenvalue weighted by Crippen LogP contribution is -2.20. The monoisotopic (exact) mass is 248 g/mol. The quantitative estimate of drug-likeness (QED) is 0.643. The largest absolute Gasteiger partial charge is 0.497 e. The number of ether oxygens (including phenoxy) is 1. The molecule has 0 aliphatic heterocycles. The Balaban J connectivity index is 2.68. The fraction of sp³-hybridized carbons (Fsp3) is 0.429. The molecule has 1 aromatic rings. The number of rotatable bonds is 5. The van der Waals surface area contributed by atoms with Crippen molar-refractivity contribution in [3.05, 3.63) is 29.8 Å². The van der Waals surface area contributed by atoms with Crippen molar-refractivity contribution < 1.29 is 9.53 Å². The Morgan fingerprint density at radius 2 is 2.17 bits per heavy atom. The Kier molecular flexibility index (Phi) is 5.36. The van der Waals surface area contributed by atoms with Crippen LogP contribution in [-0.4, -0.2) is 18.7 Å². The maximum absolute atomic E-state index is 11.5. The van der Waals surface area contributed by atoms with Crippen LogP contribution in [0.15, 0.2) is 29.4 Å². The molecule has 0 bridgehead atoms. The van der Waals surface area contributed by atoms with Crippen molar-refractivity contribution in [1.82, 2.24) is 5.43 Å². The average molecular weight is 248 g/mol. The van der Waals surface area contributed by atoms with E-state index in [9.17, 15) is 4.79 Å². The van der Waals surface area contributed by atoms with E-state index in [0.717, 1.165) is 17.0 Å². The first-order valence-electron chi connectivity index (χ1n) is 6.00. The molecule has 0 aliphatic rings. The first kappa shape index (κ1) is 14.2. The van der Waals surface area contributed by atoms with Gasteiger partial charge in [0.05, 0.1) is 12.8 Å². The molecule has 0 fully saturated rings. The number of nitrogens with one attached hydrogen (secondary N) is 1. The lowest BCUT2D eigenvalue weighted by Gasteiger charge is -2.06. The van der Waals surface area contributed by atoms with Gasteiger partial charge in [0.2, 0.25) is 5.91 Å². The zero-order chi connectivity index (χ0) is 13.5. The Morgan fingerprint density at radius 3 is 2.78 bits per heavy atom. The molecule has 1 amide bonds. The third-order valence-corrected chi connectivity index (χ3v) is 2.43. The zero-order valence-corrected chi connectivity index (χ0v) is 11.4. The Bertz CT molecular complexity index is 439. The summed E-state index contributed by atoms with van der Waals surface area (Å²) in [6.07, 6.45) is 0.481. The minimum absolute atomic E-state index is 0.0627. The van der Waals surface area contributed by atoms with Gasteiger partial charge in [-0.05, 0) is 25.0 Å². The molecule has 4 nitrogen and oxygen atoms in total. The molecule has 0 saturated heterocycles. The molecule has 1 aromatic carbocycles. The molecule has 0 radical (unpaired) electrons. The normalized spacial score (nSPS) is 11.5. The summed E-state index contributed by atoms with van der Waals surface area (Å²) in [4.78, 5) is 11.5. The Morgan fingerprint density at radius 1 is 1.44 bits per heavy atom. The van der Waals surface area contributed by atoms with E-state index in [1.165, 1.54) is 0 Å². The highest BCUT2D eigenvalue weighted by Crippen LogP contribution is 2.13. The molecule has 1 rings (SSSR count). The van der Waals surface area contributed by atoms with E-state index in [1.807, 2.05) is 45.0 Å². The second-order valence-electron chi connectivity index (χ2n) is 4.56. The van der Waals surface area contributed by atoms with Crippen molar-refractivity contribution in [3.8, 4) is 5.75 Å². The van der Waals surface area contributed by atoms with Crippen LogP contribution in [0.1, 0.15) is 32.8 Å². The summed E-state index contributed by atoms with van der Waals surface area (Å²) >= 11 is 0. The van der Waals surface area contributed by atoms with Gasteiger partial charge in [0, 0.05) is 12.0 Å². The molecule has 0 aliphatic carbocycles. The van der Waals surface area contributed by atoms with Gasteiger partial charge >= 0.3 is 0 Å². The zero-order valence-electron chi connectivity index (χ0n) is 11.4. The Labute approximate surface area is 108 Å². The van der Waals surface area contributed by atoms with Crippen LogP contribution in [0.25, 0.3) is 0 Å². The maximum Gasteiger partial charge on any atom is 0.240 e. The number of nitrogens with zero attached hydrogens (tertiary/aromatic N) is 1. The van der Waals surface area contributed by atoms with Gasteiger partial charge in [-0.15, -0.1) is 0 Å². The van der Waals surface area contributed by atoms with Gasteiger partial charge in [0.1, 0.15) is 5.75 Å². The standard InChI is InChI=1S/C14H20N2O2/c1-10(2)8-14(17)16-15-11(3)12-6-5-7-13(9-12)18-4/h5-7,9-10H,8H2,1-4H3,(H,16,17)/b15-11+. The van der Waals surface area contributed by atoms with Crippen molar-refractivity contribution in [3.63, 3.8) is 0 Å². The fourth-order valence-corrected chi connectivity index (χ4v) is 1.48. The van der Waals surface area contributed by atoms with Gasteiger partial charge in [-0.25, -0.2) is 5.43 Å². The highest BCUT2D eigenvalue weighted by atomic mass is 16.5. The van der Waals surface area contributed by atoms with Crippen LogP contribution in [0.4, 0.5) is 0 Å². The molecule has 0 aromatic heterocycles. The van der Waals surface area contributed by atoms with E-state index in [-0.39, 0.29) is 5.91 Å². The maximum atomic E-state index is 11.5. The molecule has 4 heteroatoms. The molecular weight excluding hydrogens is 228 g/mol. The SMILES string of the molecule is COc1cccc(/C(C)=N/NC(=O)CC(C)C)c1. The number of carbonyl (C=O) groups is 1. The summed E-state index contributed by atoms with van der Waals surface area (Å²) in [6.45, 7) is 5.85. The molecule has 1 N–H and O–H groups in total. The summed E-state index contributed by atoms with van der Waals surface area (Å²) < 4.78 is 5.14. The van der Waals surface area contributed by atoms with Crippen LogP contribution < -0.4 is 10.2 Å². The smallest absolute Gasteiger partial charge is 0.240 e. The van der Waals surface area contributed by atoms with Crippen molar-refractivity contribution >= 4 is 11.6 Å². The highest BCUT2D eigenvalue weighted by Gasteiger charge is 2.04. The lowest BCUT2D eigenvalue weighted by atomic mass is 10.1. The molecule has 18 heavy (non-hydrogen) atoms. The second-order valence-corrected chi connectivity index (χ2v) is 4.56. The van der Waals surface area contributed by atoms with Crippen LogP contribution in [0.3, 0.4) is 0 Å². The predicted octanol–water partition coefficient (Wildman–Crippen LogP) is 2.58. The van der Waals surface area contributed by atoms with Crippen LogP contribution in [-0.2, 0) is 4.79 Å². The van der Waals surface area contributed by atoms with Crippen molar-refractivity contribution in [2.75, 3.05) is 7.11 Å². The molecule has 0 saturated carbocycles. The van der Waals surface area contributed by atoms with E-state index in [4.69, 9.17) is 4.74 Å². The van der Waals surface area contributed by atoms with Gasteiger partial charge in [-0.1, -0.05) is 26.0 Å². The number of hydrogen-bond donors (Lipinski definition) is 1. The van der Waals surface area contributed by atoms with E-state index < -0.39 is 0 Å². The third kappa shape index (κ3) is 4.57. The summed E-state index contributed by atoms with van der Waals surface area (Å²) in [5, 5.41) is 4.08. The van der Waals surface area contributed by atoms with Crippen molar-refractivity contribution in [1.29, 1.82) is 0 Å². The van der Waals surface area contributed by atoms with E-state index in [0.29, 0.717) is 12.3 Å². The molecule has 98 valence electrons. The van der Waals surface area contributed by atoms with Crippen LogP contribution >= 0.6 is 0 Å². The number of carbonyl (C=O) groups excluding carboxylic acids is 1. The molecule has 0 heterocycles. The minimum Gasteiger partial charge on any atom is -0.497 e. The summed E-state index contributed by atoms with van der Waals surface area (Å²) in [6, 6.07) is 7.57. The van der Waals surface area contributed by atoms with Gasteiger partial charge in [0.15, 0.2) is 0 Å². The molecule has 0 unspecified atom stereocenters. The van der Waals surface area contributed by atoms with Gasteiger partial charge < -0.3 is 4.74 Å². The van der Waals surface area contributed by atoms with Gasteiger partial charge in [-0.3, -0.25) is 4.79 Å². The van der Waals surface area contributed by atoms with Gasteiger partial charge in [-0.2, -0.15) is 5.10 Å². The number of hydrogen-bond acceptors (Lipinski definition) is 3. The first-order valence-corrected chi connectivity index (χ1v) is 6.00. The van der Waals surface area contributed by atoms with Crippen molar-refractivity contribution in [2.45, 2.75) is 27.2 Å². The molecule has 0 atom stereocenters. The average Bonchev–Trinajstić information content (AvgIpc) is 2.35. The topological polar surface area (TPSA) is 50.7 Å². The van der Waals surface area contributed by atoms with E-state index in [1.54, 1.807) is 7.11 Å². The predicted molar refractivity (Wildman–Crippen MR) is 72.8 cm³/mol. The molecule has 0 spiro atoms. The van der Waals surface area contributed by atoms with E-state index >= 15 is 0 Å².